The highest BCUT2D eigenvalue weighted by Crippen LogP contribution is 2.32. The second-order valence-corrected chi connectivity index (χ2v) is 6.55. The Morgan fingerprint density at radius 3 is 2.56 bits per heavy atom. The number of amides is 2. The molecule has 1 heterocycles. The number of nitrogens with zero attached hydrogens (tertiary/aromatic N) is 2. The van der Waals surface area contributed by atoms with Gasteiger partial charge in [-0.15, -0.1) is 0 Å². The maximum atomic E-state index is 12.7. The van der Waals surface area contributed by atoms with Gasteiger partial charge in [-0.2, -0.15) is 0 Å². The third-order valence-corrected chi connectivity index (χ3v) is 4.81. The summed E-state index contributed by atoms with van der Waals surface area (Å²) in [7, 11) is 0. The van der Waals surface area contributed by atoms with Gasteiger partial charge in [0.1, 0.15) is 6.04 Å². The van der Waals surface area contributed by atoms with Crippen LogP contribution in [0.2, 0.25) is 0 Å². The Morgan fingerprint density at radius 1 is 1.22 bits per heavy atom. The van der Waals surface area contributed by atoms with Crippen molar-refractivity contribution in [2.75, 3.05) is 10.2 Å². The smallest absolute Gasteiger partial charge is 0.269 e. The molecule has 0 saturated carbocycles. The van der Waals surface area contributed by atoms with Crippen LogP contribution in [0.25, 0.3) is 0 Å². The summed E-state index contributed by atoms with van der Waals surface area (Å²) in [5, 5.41) is 13.8. The summed E-state index contributed by atoms with van der Waals surface area (Å²) in [5.41, 5.74) is 3.08. The molecule has 1 unspecified atom stereocenters. The predicted molar refractivity (Wildman–Crippen MR) is 103 cm³/mol. The van der Waals surface area contributed by atoms with Crippen LogP contribution in [0.3, 0.4) is 0 Å². The first-order valence-corrected chi connectivity index (χ1v) is 8.90. The summed E-state index contributed by atoms with van der Waals surface area (Å²) < 4.78 is 0. The van der Waals surface area contributed by atoms with Crippen molar-refractivity contribution in [3.63, 3.8) is 0 Å². The molecule has 1 aliphatic heterocycles. The van der Waals surface area contributed by atoms with E-state index < -0.39 is 11.0 Å². The zero-order valence-corrected chi connectivity index (χ0v) is 15.3. The Balaban J connectivity index is 1.82. The molecule has 3 rings (SSSR count). The quantitative estimate of drug-likeness (QED) is 0.647. The molecule has 0 fully saturated rings. The number of nitro benzene ring substituents is 1. The van der Waals surface area contributed by atoms with E-state index in [0.717, 1.165) is 6.42 Å². The first kappa shape index (κ1) is 18.6. The predicted octanol–water partition coefficient (Wildman–Crippen LogP) is 3.46. The number of aryl methyl sites for hydroxylation is 2. The first-order valence-electron chi connectivity index (χ1n) is 8.90. The Hall–Kier alpha value is -3.22. The number of hydrogen-bond donors (Lipinski definition) is 1. The zero-order chi connectivity index (χ0) is 19.6. The van der Waals surface area contributed by atoms with Crippen molar-refractivity contribution in [3.8, 4) is 0 Å². The Bertz CT molecular complexity index is 893. The SMILES string of the molecule is CCc1ccc(NC(=O)C(C)N2C(=O)CCc3cc([N+](=O)[O-])ccc32)cc1. The van der Waals surface area contributed by atoms with Crippen molar-refractivity contribution >= 4 is 28.9 Å². The van der Waals surface area contributed by atoms with E-state index in [1.54, 1.807) is 13.0 Å². The summed E-state index contributed by atoms with van der Waals surface area (Å²) >= 11 is 0. The Labute approximate surface area is 157 Å². The molecule has 27 heavy (non-hydrogen) atoms. The molecule has 0 aliphatic carbocycles. The minimum Gasteiger partial charge on any atom is -0.324 e. The highest BCUT2D eigenvalue weighted by atomic mass is 16.6. The molecule has 7 heteroatoms. The van der Waals surface area contributed by atoms with Gasteiger partial charge in [-0.25, -0.2) is 0 Å². The van der Waals surface area contributed by atoms with Gasteiger partial charge in [-0.1, -0.05) is 19.1 Å². The lowest BCUT2D eigenvalue weighted by Crippen LogP contribution is -2.48. The summed E-state index contributed by atoms with van der Waals surface area (Å²) in [6, 6.07) is 11.2. The standard InChI is InChI=1S/C20H21N3O4/c1-3-14-4-7-16(8-5-14)21-20(25)13(2)22-18-10-9-17(23(26)27)12-15(18)6-11-19(22)24/h4-5,7-10,12-13H,3,6,11H2,1-2H3,(H,21,25). The number of nitro groups is 1. The lowest BCUT2D eigenvalue weighted by atomic mass is 9.98. The molecule has 2 aromatic carbocycles. The zero-order valence-electron chi connectivity index (χ0n) is 15.3. The van der Waals surface area contributed by atoms with Gasteiger partial charge in [0.05, 0.1) is 4.92 Å². The van der Waals surface area contributed by atoms with Crippen molar-refractivity contribution in [1.29, 1.82) is 0 Å². The van der Waals surface area contributed by atoms with Crippen molar-refractivity contribution < 1.29 is 14.5 Å². The van der Waals surface area contributed by atoms with Gasteiger partial charge < -0.3 is 5.32 Å². The Morgan fingerprint density at radius 2 is 1.93 bits per heavy atom. The molecule has 0 aromatic heterocycles. The summed E-state index contributed by atoms with van der Waals surface area (Å²) in [5.74, 6) is -0.473. The summed E-state index contributed by atoms with van der Waals surface area (Å²) in [6.07, 6.45) is 1.56. The number of hydrogen-bond acceptors (Lipinski definition) is 4. The molecule has 140 valence electrons. The third kappa shape index (κ3) is 3.81. The van der Waals surface area contributed by atoms with E-state index in [4.69, 9.17) is 0 Å². The fraction of sp³-hybridized carbons (Fsp3) is 0.300. The third-order valence-electron chi connectivity index (χ3n) is 4.81. The van der Waals surface area contributed by atoms with Crippen molar-refractivity contribution in [2.45, 2.75) is 39.2 Å². The minimum absolute atomic E-state index is 0.0174. The van der Waals surface area contributed by atoms with Crippen molar-refractivity contribution in [2.24, 2.45) is 0 Å². The Kier molecular flexibility index (Phi) is 5.21. The minimum atomic E-state index is -0.733. The average molecular weight is 367 g/mol. The fourth-order valence-corrected chi connectivity index (χ4v) is 3.23. The molecule has 0 saturated heterocycles. The molecule has 0 spiro atoms. The number of benzene rings is 2. The summed E-state index contributed by atoms with van der Waals surface area (Å²) in [4.78, 5) is 37.1. The van der Waals surface area contributed by atoms with Gasteiger partial charge in [-0.05, 0) is 49.1 Å². The largest absolute Gasteiger partial charge is 0.324 e. The molecule has 7 nitrogen and oxygen atoms in total. The second-order valence-electron chi connectivity index (χ2n) is 6.55. The number of anilines is 2. The monoisotopic (exact) mass is 367 g/mol. The lowest BCUT2D eigenvalue weighted by molar-refractivity contribution is -0.384. The summed E-state index contributed by atoms with van der Waals surface area (Å²) in [6.45, 7) is 3.71. The maximum absolute atomic E-state index is 12.7. The maximum Gasteiger partial charge on any atom is 0.269 e. The lowest BCUT2D eigenvalue weighted by Gasteiger charge is -2.33. The van der Waals surface area contributed by atoms with Crippen LogP contribution in [0.5, 0.6) is 0 Å². The number of fused-ring (bicyclic) bond motifs is 1. The topological polar surface area (TPSA) is 92.6 Å². The molecular formula is C20H21N3O4. The number of nitrogens with one attached hydrogen (secondary N) is 1. The molecule has 1 aliphatic rings. The number of rotatable bonds is 5. The van der Waals surface area contributed by atoms with Crippen LogP contribution in [0.15, 0.2) is 42.5 Å². The van der Waals surface area contributed by atoms with Crippen LogP contribution in [0.1, 0.15) is 31.4 Å². The van der Waals surface area contributed by atoms with Gasteiger partial charge in [0, 0.05) is 29.9 Å². The van der Waals surface area contributed by atoms with Crippen molar-refractivity contribution in [1.82, 2.24) is 0 Å². The highest BCUT2D eigenvalue weighted by molar-refractivity contribution is 6.06. The highest BCUT2D eigenvalue weighted by Gasteiger charge is 2.32. The van der Waals surface area contributed by atoms with E-state index >= 15 is 0 Å². The van der Waals surface area contributed by atoms with Crippen LogP contribution in [0.4, 0.5) is 17.1 Å². The van der Waals surface area contributed by atoms with Crippen LogP contribution in [0, 0.1) is 10.1 Å². The van der Waals surface area contributed by atoms with Crippen LogP contribution < -0.4 is 10.2 Å². The molecule has 0 bridgehead atoms. The number of carbonyl (C=O) groups is 2. The first-order chi connectivity index (χ1) is 12.9. The van der Waals surface area contributed by atoms with E-state index in [-0.39, 0.29) is 23.9 Å². The van der Waals surface area contributed by atoms with E-state index in [1.807, 2.05) is 24.3 Å². The van der Waals surface area contributed by atoms with Gasteiger partial charge in [-0.3, -0.25) is 24.6 Å². The average Bonchev–Trinajstić information content (AvgIpc) is 2.67. The number of carbonyl (C=O) groups excluding carboxylic acids is 2. The molecule has 2 aromatic rings. The van der Waals surface area contributed by atoms with Gasteiger partial charge >= 0.3 is 0 Å². The normalized spacial score (nSPS) is 14.4. The second kappa shape index (κ2) is 7.57. The van der Waals surface area contributed by atoms with Crippen LogP contribution in [-0.4, -0.2) is 22.8 Å². The molecule has 0 radical (unpaired) electrons. The van der Waals surface area contributed by atoms with Crippen LogP contribution in [-0.2, 0) is 22.4 Å². The number of non-ortho nitro benzene ring substituents is 1. The van der Waals surface area contributed by atoms with Crippen molar-refractivity contribution in [3.05, 3.63) is 63.7 Å². The van der Waals surface area contributed by atoms with Gasteiger partial charge in [0.15, 0.2) is 0 Å². The van der Waals surface area contributed by atoms with E-state index in [0.29, 0.717) is 23.4 Å². The van der Waals surface area contributed by atoms with Crippen LogP contribution >= 0.6 is 0 Å². The van der Waals surface area contributed by atoms with E-state index in [2.05, 4.69) is 12.2 Å². The van der Waals surface area contributed by atoms with Gasteiger partial charge in [0.25, 0.3) is 5.69 Å². The molecule has 1 atom stereocenters. The van der Waals surface area contributed by atoms with E-state index in [1.165, 1.54) is 22.6 Å². The van der Waals surface area contributed by atoms with E-state index in [9.17, 15) is 19.7 Å². The molecule has 1 N–H and O–H groups in total. The fourth-order valence-electron chi connectivity index (χ4n) is 3.23. The van der Waals surface area contributed by atoms with Gasteiger partial charge in [0.2, 0.25) is 11.8 Å². The molecule has 2 amide bonds. The molecular weight excluding hydrogens is 346 g/mol.